The maximum absolute atomic E-state index is 13.7. The summed E-state index contributed by atoms with van der Waals surface area (Å²) in [4.78, 5) is 28.9. The Morgan fingerprint density at radius 2 is 1.53 bits per heavy atom. The highest BCUT2D eigenvalue weighted by atomic mass is 79.9. The summed E-state index contributed by atoms with van der Waals surface area (Å²) in [7, 11) is 0. The van der Waals surface area contributed by atoms with E-state index in [4.69, 9.17) is 11.6 Å². The van der Waals surface area contributed by atoms with Crippen molar-refractivity contribution in [3.8, 4) is 0 Å². The van der Waals surface area contributed by atoms with Crippen LogP contribution in [-0.4, -0.2) is 34.0 Å². The van der Waals surface area contributed by atoms with Crippen LogP contribution in [-0.2, 0) is 28.3 Å². The molecule has 0 radical (unpaired) electrons. The fourth-order valence-electron chi connectivity index (χ4n) is 3.71. The summed E-state index contributed by atoms with van der Waals surface area (Å²) in [6.45, 7) is 6.21. The Kier molecular flexibility index (Phi) is 10.5. The summed E-state index contributed by atoms with van der Waals surface area (Å²) in [5.41, 5.74) is 2.66. The Morgan fingerprint density at radius 1 is 0.917 bits per heavy atom. The third-order valence-electron chi connectivity index (χ3n) is 5.44. The first-order valence-electron chi connectivity index (χ1n) is 11.8. The van der Waals surface area contributed by atoms with Gasteiger partial charge in [0.25, 0.3) is 0 Å². The van der Waals surface area contributed by atoms with Crippen molar-refractivity contribution in [2.45, 2.75) is 51.1 Å². The summed E-state index contributed by atoms with van der Waals surface area (Å²) in [6.07, 6.45) is 0.437. The molecular weight excluding hydrogens is 556 g/mol. The fourth-order valence-corrected chi connectivity index (χ4v) is 4.97. The number of halogens is 2. The molecule has 3 aromatic rings. The highest BCUT2D eigenvalue weighted by Crippen LogP contribution is 2.21. The van der Waals surface area contributed by atoms with Crippen LogP contribution in [0.4, 0.5) is 0 Å². The van der Waals surface area contributed by atoms with E-state index in [1.165, 1.54) is 11.8 Å². The van der Waals surface area contributed by atoms with Crippen LogP contribution in [0, 0.1) is 0 Å². The number of hydrogen-bond donors (Lipinski definition) is 1. The van der Waals surface area contributed by atoms with Crippen LogP contribution in [0.15, 0.2) is 83.3 Å². The molecule has 3 rings (SSSR count). The number of hydrogen-bond acceptors (Lipinski definition) is 3. The van der Waals surface area contributed by atoms with Crippen molar-refractivity contribution in [2.75, 3.05) is 5.75 Å². The minimum absolute atomic E-state index is 0.0677. The van der Waals surface area contributed by atoms with E-state index in [0.29, 0.717) is 23.7 Å². The molecule has 4 nitrogen and oxygen atoms in total. The second kappa shape index (κ2) is 13.3. The minimum atomic E-state index is -0.640. The van der Waals surface area contributed by atoms with Crippen LogP contribution >= 0.6 is 39.3 Å². The van der Waals surface area contributed by atoms with Gasteiger partial charge >= 0.3 is 0 Å². The standard InChI is InChI=1S/C29H32BrClN2O2S/c1-29(2,3)32-28(35)26(17-21-7-5-4-6-8-21)33(18-22-9-13-24(30)14-10-22)27(34)20-36-19-23-11-15-25(31)16-12-23/h4-16,26H,17-20H2,1-3H3,(H,32,35)/t26-/m0/s1. The first-order chi connectivity index (χ1) is 17.1. The zero-order valence-corrected chi connectivity index (χ0v) is 24.0. The first-order valence-corrected chi connectivity index (χ1v) is 14.2. The van der Waals surface area contributed by atoms with E-state index in [2.05, 4.69) is 21.2 Å². The topological polar surface area (TPSA) is 49.4 Å². The molecule has 0 fully saturated rings. The lowest BCUT2D eigenvalue weighted by molar-refractivity contribution is -0.140. The SMILES string of the molecule is CC(C)(C)NC(=O)[C@H](Cc1ccccc1)N(Cc1ccc(Br)cc1)C(=O)CSCc1ccc(Cl)cc1. The Hall–Kier alpha value is -2.28. The third kappa shape index (κ3) is 9.30. The fraction of sp³-hybridized carbons (Fsp3) is 0.310. The Bertz CT molecular complexity index is 1130. The lowest BCUT2D eigenvalue weighted by Gasteiger charge is -2.34. The Morgan fingerprint density at radius 3 is 2.14 bits per heavy atom. The summed E-state index contributed by atoms with van der Waals surface area (Å²) in [5.74, 6) is 0.737. The Balaban J connectivity index is 1.85. The van der Waals surface area contributed by atoms with Gasteiger partial charge in [-0.15, -0.1) is 11.8 Å². The van der Waals surface area contributed by atoms with Gasteiger partial charge in [-0.05, 0) is 61.7 Å². The average Bonchev–Trinajstić information content (AvgIpc) is 2.83. The lowest BCUT2D eigenvalue weighted by atomic mass is 10.0. The van der Waals surface area contributed by atoms with Crippen LogP contribution < -0.4 is 5.32 Å². The van der Waals surface area contributed by atoms with Gasteiger partial charge in [-0.2, -0.15) is 0 Å². The molecule has 36 heavy (non-hydrogen) atoms. The van der Waals surface area contributed by atoms with Gasteiger partial charge < -0.3 is 10.2 Å². The Labute approximate surface area is 231 Å². The quantitative estimate of drug-likeness (QED) is 0.281. The summed E-state index contributed by atoms with van der Waals surface area (Å²) < 4.78 is 0.967. The lowest BCUT2D eigenvalue weighted by Crippen LogP contribution is -2.54. The zero-order chi connectivity index (χ0) is 26.1. The van der Waals surface area contributed by atoms with E-state index in [-0.39, 0.29) is 17.6 Å². The molecule has 0 saturated heterocycles. The molecule has 7 heteroatoms. The molecule has 2 amide bonds. The van der Waals surface area contributed by atoms with E-state index >= 15 is 0 Å². The van der Waals surface area contributed by atoms with Gasteiger partial charge in [-0.3, -0.25) is 9.59 Å². The third-order valence-corrected chi connectivity index (χ3v) is 7.21. The molecule has 1 atom stereocenters. The van der Waals surface area contributed by atoms with Crippen LogP contribution in [0.25, 0.3) is 0 Å². The van der Waals surface area contributed by atoms with Gasteiger partial charge in [0, 0.05) is 33.8 Å². The highest BCUT2D eigenvalue weighted by molar-refractivity contribution is 9.10. The number of carbonyl (C=O) groups is 2. The highest BCUT2D eigenvalue weighted by Gasteiger charge is 2.32. The summed E-state index contributed by atoms with van der Waals surface area (Å²) >= 11 is 11.0. The minimum Gasteiger partial charge on any atom is -0.350 e. The molecule has 0 aliphatic rings. The van der Waals surface area contributed by atoms with Crippen molar-refractivity contribution in [1.29, 1.82) is 0 Å². The van der Waals surface area contributed by atoms with Crippen LogP contribution in [0.5, 0.6) is 0 Å². The molecular formula is C29H32BrClN2O2S. The van der Waals surface area contributed by atoms with E-state index in [1.807, 2.05) is 99.6 Å². The second-order valence-electron chi connectivity index (χ2n) is 9.71. The monoisotopic (exact) mass is 586 g/mol. The van der Waals surface area contributed by atoms with Gasteiger partial charge in [0.05, 0.1) is 5.75 Å². The van der Waals surface area contributed by atoms with Crippen molar-refractivity contribution in [1.82, 2.24) is 10.2 Å². The van der Waals surface area contributed by atoms with Crippen LogP contribution in [0.2, 0.25) is 5.02 Å². The van der Waals surface area contributed by atoms with E-state index in [0.717, 1.165) is 21.2 Å². The predicted molar refractivity (Wildman–Crippen MR) is 154 cm³/mol. The molecule has 0 aliphatic carbocycles. The number of nitrogens with one attached hydrogen (secondary N) is 1. The van der Waals surface area contributed by atoms with E-state index < -0.39 is 11.6 Å². The number of rotatable bonds is 10. The van der Waals surface area contributed by atoms with Gasteiger partial charge in [-0.25, -0.2) is 0 Å². The predicted octanol–water partition coefficient (Wildman–Crippen LogP) is 6.89. The number of carbonyl (C=O) groups excluding carboxylic acids is 2. The number of amides is 2. The molecule has 1 N–H and O–H groups in total. The normalized spacial score (nSPS) is 12.1. The first kappa shape index (κ1) is 28.3. The average molecular weight is 588 g/mol. The molecule has 0 saturated carbocycles. The zero-order valence-electron chi connectivity index (χ0n) is 20.8. The van der Waals surface area contributed by atoms with Crippen molar-refractivity contribution in [3.63, 3.8) is 0 Å². The van der Waals surface area contributed by atoms with Crippen molar-refractivity contribution < 1.29 is 9.59 Å². The van der Waals surface area contributed by atoms with Gasteiger partial charge in [-0.1, -0.05) is 82.1 Å². The smallest absolute Gasteiger partial charge is 0.243 e. The van der Waals surface area contributed by atoms with Crippen molar-refractivity contribution in [3.05, 3.63) is 105 Å². The number of nitrogens with zero attached hydrogens (tertiary/aromatic N) is 1. The maximum Gasteiger partial charge on any atom is 0.243 e. The van der Waals surface area contributed by atoms with Crippen LogP contribution in [0.1, 0.15) is 37.5 Å². The van der Waals surface area contributed by atoms with E-state index in [1.54, 1.807) is 4.90 Å². The number of benzene rings is 3. The summed E-state index contributed by atoms with van der Waals surface area (Å²) in [6, 6.07) is 24.7. The molecule has 3 aromatic carbocycles. The number of thioether (sulfide) groups is 1. The van der Waals surface area contributed by atoms with Gasteiger partial charge in [0.2, 0.25) is 11.8 Å². The molecule has 0 aliphatic heterocycles. The molecule has 190 valence electrons. The van der Waals surface area contributed by atoms with E-state index in [9.17, 15) is 9.59 Å². The largest absolute Gasteiger partial charge is 0.350 e. The second-order valence-corrected chi connectivity index (χ2v) is 12.0. The van der Waals surface area contributed by atoms with Gasteiger partial charge in [0.1, 0.15) is 6.04 Å². The molecule has 0 spiro atoms. The van der Waals surface area contributed by atoms with Gasteiger partial charge in [0.15, 0.2) is 0 Å². The molecule has 0 unspecified atom stereocenters. The van der Waals surface area contributed by atoms with Crippen molar-refractivity contribution in [2.24, 2.45) is 0 Å². The van der Waals surface area contributed by atoms with Crippen molar-refractivity contribution >= 4 is 51.1 Å². The molecule has 0 bridgehead atoms. The molecule has 0 aromatic heterocycles. The summed E-state index contributed by atoms with van der Waals surface area (Å²) in [5, 5.41) is 3.79. The molecule has 0 heterocycles. The van der Waals surface area contributed by atoms with Crippen LogP contribution in [0.3, 0.4) is 0 Å². The maximum atomic E-state index is 13.7.